The van der Waals surface area contributed by atoms with E-state index < -0.39 is 5.97 Å². The van der Waals surface area contributed by atoms with Crippen LogP contribution in [-0.4, -0.2) is 25.7 Å². The van der Waals surface area contributed by atoms with Crippen LogP contribution in [-0.2, 0) is 17.7 Å². The number of para-hydroxylation sites is 1. The van der Waals surface area contributed by atoms with E-state index in [2.05, 4.69) is 16.1 Å². The molecular weight excluding hydrogens is 270 g/mol. The molecular formula is C16H17NO4. The number of hydrogen-bond donors (Lipinski definition) is 1. The third-order valence-electron chi connectivity index (χ3n) is 3.52. The molecule has 0 amide bonds. The van der Waals surface area contributed by atoms with Gasteiger partial charge in [0.25, 0.3) is 0 Å². The van der Waals surface area contributed by atoms with Crippen molar-refractivity contribution in [1.29, 1.82) is 0 Å². The minimum absolute atomic E-state index is 0.121. The van der Waals surface area contributed by atoms with Crippen LogP contribution in [0, 0.1) is 0 Å². The van der Waals surface area contributed by atoms with Gasteiger partial charge in [-0.2, -0.15) is 0 Å². The van der Waals surface area contributed by atoms with Gasteiger partial charge in [0.05, 0.1) is 13.4 Å². The minimum atomic E-state index is -0.457. The lowest BCUT2D eigenvalue weighted by Crippen LogP contribution is -2.30. The largest absolute Gasteiger partial charge is 0.488 e. The Morgan fingerprint density at radius 2 is 2.24 bits per heavy atom. The molecule has 1 atom stereocenters. The van der Waals surface area contributed by atoms with Crippen LogP contribution in [0.25, 0.3) is 0 Å². The summed E-state index contributed by atoms with van der Waals surface area (Å²) in [5.41, 5.74) is 2.03. The second-order valence-corrected chi connectivity index (χ2v) is 4.95. The number of nitrogens with one attached hydrogen (secondary N) is 1. The summed E-state index contributed by atoms with van der Waals surface area (Å²) < 4.78 is 15.7. The molecule has 1 aromatic carbocycles. The number of esters is 1. The summed E-state index contributed by atoms with van der Waals surface area (Å²) in [6, 6.07) is 9.83. The fourth-order valence-electron chi connectivity index (χ4n) is 2.48. The molecule has 1 unspecified atom stereocenters. The van der Waals surface area contributed by atoms with Crippen LogP contribution in [0.15, 0.2) is 41.0 Å². The molecule has 2 heterocycles. The van der Waals surface area contributed by atoms with Crippen molar-refractivity contribution >= 4 is 5.97 Å². The zero-order valence-corrected chi connectivity index (χ0v) is 11.8. The fourth-order valence-corrected chi connectivity index (χ4v) is 2.48. The van der Waals surface area contributed by atoms with Gasteiger partial charge in [-0.3, -0.25) is 0 Å². The highest BCUT2D eigenvalue weighted by atomic mass is 16.5. The molecule has 21 heavy (non-hydrogen) atoms. The average molecular weight is 287 g/mol. The standard InChI is InChI=1S/C16H17NO4/c1-19-16(18)15-12(6-7-20-15)9-17-10-13-8-11-4-2-3-5-14(11)21-13/h2-7,13,17H,8-10H2,1H3. The Balaban J connectivity index is 1.52. The quantitative estimate of drug-likeness (QED) is 0.854. The van der Waals surface area contributed by atoms with Gasteiger partial charge in [0.1, 0.15) is 11.9 Å². The van der Waals surface area contributed by atoms with Gasteiger partial charge in [0, 0.05) is 25.1 Å². The van der Waals surface area contributed by atoms with Gasteiger partial charge in [-0.15, -0.1) is 0 Å². The van der Waals surface area contributed by atoms with E-state index >= 15 is 0 Å². The molecule has 0 spiro atoms. The molecule has 3 rings (SSSR count). The zero-order valence-electron chi connectivity index (χ0n) is 11.8. The first-order chi connectivity index (χ1) is 10.3. The molecule has 5 heteroatoms. The van der Waals surface area contributed by atoms with E-state index in [4.69, 9.17) is 9.15 Å². The first-order valence-electron chi connectivity index (χ1n) is 6.88. The lowest BCUT2D eigenvalue weighted by Gasteiger charge is -2.11. The normalized spacial score (nSPS) is 16.3. The summed E-state index contributed by atoms with van der Waals surface area (Å²) in [7, 11) is 1.34. The third kappa shape index (κ3) is 2.92. The number of rotatable bonds is 5. The van der Waals surface area contributed by atoms with Crippen molar-refractivity contribution in [3.05, 3.63) is 53.5 Å². The number of furan rings is 1. The van der Waals surface area contributed by atoms with Crippen LogP contribution in [0.4, 0.5) is 0 Å². The van der Waals surface area contributed by atoms with E-state index in [1.165, 1.54) is 18.9 Å². The predicted molar refractivity (Wildman–Crippen MR) is 76.3 cm³/mol. The number of benzene rings is 1. The SMILES string of the molecule is COC(=O)c1occc1CNCC1Cc2ccccc2O1. The highest BCUT2D eigenvalue weighted by molar-refractivity contribution is 5.87. The Kier molecular flexibility index (Phi) is 3.92. The van der Waals surface area contributed by atoms with Crippen molar-refractivity contribution in [1.82, 2.24) is 5.32 Å². The van der Waals surface area contributed by atoms with Gasteiger partial charge < -0.3 is 19.2 Å². The third-order valence-corrected chi connectivity index (χ3v) is 3.52. The summed E-state index contributed by atoms with van der Waals surface area (Å²) in [6.45, 7) is 1.25. The van der Waals surface area contributed by atoms with Crippen molar-refractivity contribution in [2.45, 2.75) is 19.1 Å². The Morgan fingerprint density at radius 3 is 3.05 bits per heavy atom. The Hall–Kier alpha value is -2.27. The molecule has 1 aliphatic rings. The molecule has 0 saturated carbocycles. The maximum absolute atomic E-state index is 11.5. The molecule has 0 saturated heterocycles. The van der Waals surface area contributed by atoms with E-state index in [-0.39, 0.29) is 11.9 Å². The van der Waals surface area contributed by atoms with E-state index in [1.807, 2.05) is 18.2 Å². The number of methoxy groups -OCH3 is 1. The number of ether oxygens (including phenoxy) is 2. The number of hydrogen-bond acceptors (Lipinski definition) is 5. The lowest BCUT2D eigenvalue weighted by molar-refractivity contribution is 0.0563. The summed E-state index contributed by atoms with van der Waals surface area (Å²) >= 11 is 0. The first kappa shape index (κ1) is 13.7. The number of carbonyl (C=O) groups excluding carboxylic acids is 1. The van der Waals surface area contributed by atoms with Crippen molar-refractivity contribution in [2.75, 3.05) is 13.7 Å². The fraction of sp³-hybridized carbons (Fsp3) is 0.312. The average Bonchev–Trinajstić information content (AvgIpc) is 3.12. The second kappa shape index (κ2) is 6.01. The van der Waals surface area contributed by atoms with Crippen molar-refractivity contribution in [3.63, 3.8) is 0 Å². The smallest absolute Gasteiger partial charge is 0.374 e. The summed E-state index contributed by atoms with van der Waals surface area (Å²) in [4.78, 5) is 11.5. The van der Waals surface area contributed by atoms with Crippen LogP contribution >= 0.6 is 0 Å². The minimum Gasteiger partial charge on any atom is -0.488 e. The maximum atomic E-state index is 11.5. The Bertz CT molecular complexity index is 610. The van der Waals surface area contributed by atoms with Crippen LogP contribution in [0.5, 0.6) is 5.75 Å². The summed E-state index contributed by atoms with van der Waals surface area (Å²) in [5.74, 6) is 0.754. The Labute approximate surface area is 122 Å². The van der Waals surface area contributed by atoms with Gasteiger partial charge in [0.2, 0.25) is 5.76 Å². The molecule has 110 valence electrons. The zero-order chi connectivity index (χ0) is 14.7. The monoisotopic (exact) mass is 287 g/mol. The topological polar surface area (TPSA) is 60.7 Å². The molecule has 5 nitrogen and oxygen atoms in total. The lowest BCUT2D eigenvalue weighted by atomic mass is 10.1. The number of carbonyl (C=O) groups is 1. The highest BCUT2D eigenvalue weighted by Crippen LogP contribution is 2.27. The number of fused-ring (bicyclic) bond motifs is 1. The van der Waals surface area contributed by atoms with Crippen LogP contribution < -0.4 is 10.1 Å². The van der Waals surface area contributed by atoms with Gasteiger partial charge in [-0.05, 0) is 17.7 Å². The summed E-state index contributed by atoms with van der Waals surface area (Å²) in [6.07, 6.45) is 2.51. The maximum Gasteiger partial charge on any atom is 0.374 e. The molecule has 1 N–H and O–H groups in total. The molecule has 0 radical (unpaired) electrons. The predicted octanol–water partition coefficient (Wildman–Crippen LogP) is 2.16. The van der Waals surface area contributed by atoms with Crippen molar-refractivity contribution in [3.8, 4) is 5.75 Å². The second-order valence-electron chi connectivity index (χ2n) is 4.95. The van der Waals surface area contributed by atoms with E-state index in [0.717, 1.165) is 17.7 Å². The van der Waals surface area contributed by atoms with Gasteiger partial charge in [0.15, 0.2) is 0 Å². The van der Waals surface area contributed by atoms with Crippen molar-refractivity contribution in [2.24, 2.45) is 0 Å². The molecule has 0 bridgehead atoms. The molecule has 1 aliphatic heterocycles. The van der Waals surface area contributed by atoms with E-state index in [0.29, 0.717) is 13.1 Å². The van der Waals surface area contributed by atoms with E-state index in [1.54, 1.807) is 6.07 Å². The molecule has 2 aromatic rings. The molecule has 0 aliphatic carbocycles. The first-order valence-corrected chi connectivity index (χ1v) is 6.88. The molecule has 1 aromatic heterocycles. The van der Waals surface area contributed by atoms with Gasteiger partial charge >= 0.3 is 5.97 Å². The van der Waals surface area contributed by atoms with Crippen molar-refractivity contribution < 1.29 is 18.7 Å². The molecule has 0 fully saturated rings. The van der Waals surface area contributed by atoms with Crippen LogP contribution in [0.2, 0.25) is 0 Å². The van der Waals surface area contributed by atoms with Crippen LogP contribution in [0.3, 0.4) is 0 Å². The van der Waals surface area contributed by atoms with E-state index in [9.17, 15) is 4.79 Å². The summed E-state index contributed by atoms with van der Waals surface area (Å²) in [5, 5.41) is 3.29. The highest BCUT2D eigenvalue weighted by Gasteiger charge is 2.22. The Morgan fingerprint density at radius 1 is 1.38 bits per heavy atom. The van der Waals surface area contributed by atoms with Gasteiger partial charge in [-0.1, -0.05) is 18.2 Å². The van der Waals surface area contributed by atoms with Gasteiger partial charge in [-0.25, -0.2) is 4.79 Å². The van der Waals surface area contributed by atoms with Crippen LogP contribution in [0.1, 0.15) is 21.7 Å².